The zero-order valence-electron chi connectivity index (χ0n) is 21.8. The Bertz CT molecular complexity index is 1860. The molecule has 3 heterocycles. The highest BCUT2D eigenvalue weighted by Gasteiger charge is 2.20. The Kier molecular flexibility index (Phi) is 6.54. The number of carbonyl (C=O) groups is 2. The van der Waals surface area contributed by atoms with Gasteiger partial charge in [-0.25, -0.2) is 9.31 Å². The molecule has 0 aliphatic rings. The first-order valence-electron chi connectivity index (χ1n) is 13.0. The molecule has 7 heteroatoms. The van der Waals surface area contributed by atoms with Gasteiger partial charge in [0, 0.05) is 41.5 Å². The number of pyridine rings is 2. The molecule has 3 aromatic carbocycles. The Morgan fingerprint density at radius 3 is 2.48 bits per heavy atom. The molecule has 6 aromatic rings. The molecule has 0 bridgehead atoms. The van der Waals surface area contributed by atoms with Crippen LogP contribution in [0.25, 0.3) is 27.4 Å². The number of carboxylic acids is 1. The highest BCUT2D eigenvalue weighted by Crippen LogP contribution is 2.28. The molecule has 196 valence electrons. The maximum atomic E-state index is 13.8. The molecule has 0 fully saturated rings. The van der Waals surface area contributed by atoms with Gasteiger partial charge in [0.05, 0.1) is 28.9 Å². The molecule has 0 aliphatic carbocycles. The first kappa shape index (κ1) is 25.0. The SMILES string of the molecule is C[C@H](NC(=O)c1cc(-c2ccccc2)cn2ncc(Cc3ccc4ccncc4c3)c12)c1ccc(C(=O)O)cc1. The van der Waals surface area contributed by atoms with Crippen molar-refractivity contribution in [1.29, 1.82) is 0 Å². The van der Waals surface area contributed by atoms with Crippen LogP contribution in [0.5, 0.6) is 0 Å². The van der Waals surface area contributed by atoms with Crippen molar-refractivity contribution in [2.45, 2.75) is 19.4 Å². The van der Waals surface area contributed by atoms with E-state index in [0.717, 1.165) is 44.1 Å². The Morgan fingerprint density at radius 1 is 0.900 bits per heavy atom. The van der Waals surface area contributed by atoms with Crippen molar-refractivity contribution in [1.82, 2.24) is 19.9 Å². The average molecular weight is 527 g/mol. The van der Waals surface area contributed by atoms with Crippen molar-refractivity contribution < 1.29 is 14.7 Å². The lowest BCUT2D eigenvalue weighted by Gasteiger charge is -2.16. The van der Waals surface area contributed by atoms with Gasteiger partial charge >= 0.3 is 5.97 Å². The van der Waals surface area contributed by atoms with E-state index in [2.05, 4.69) is 33.6 Å². The normalized spacial score (nSPS) is 11.9. The third-order valence-electron chi connectivity index (χ3n) is 7.14. The molecule has 6 rings (SSSR count). The zero-order valence-corrected chi connectivity index (χ0v) is 21.8. The summed E-state index contributed by atoms with van der Waals surface area (Å²) in [5.41, 5.74) is 6.17. The van der Waals surface area contributed by atoms with Gasteiger partial charge in [0.15, 0.2) is 0 Å². The highest BCUT2D eigenvalue weighted by molar-refractivity contribution is 6.03. The predicted molar refractivity (Wildman–Crippen MR) is 154 cm³/mol. The maximum Gasteiger partial charge on any atom is 0.335 e. The van der Waals surface area contributed by atoms with Crippen molar-refractivity contribution >= 4 is 28.2 Å². The van der Waals surface area contributed by atoms with E-state index in [-0.39, 0.29) is 17.5 Å². The first-order valence-corrected chi connectivity index (χ1v) is 13.0. The van der Waals surface area contributed by atoms with Crippen molar-refractivity contribution in [3.8, 4) is 11.1 Å². The molecule has 0 saturated heterocycles. The van der Waals surface area contributed by atoms with Crippen LogP contribution in [0.1, 0.15) is 50.4 Å². The molecular weight excluding hydrogens is 500 g/mol. The fourth-order valence-corrected chi connectivity index (χ4v) is 5.01. The third kappa shape index (κ3) is 4.92. The zero-order chi connectivity index (χ0) is 27.6. The van der Waals surface area contributed by atoms with Crippen molar-refractivity contribution in [3.05, 3.63) is 138 Å². The molecule has 0 radical (unpaired) electrons. The van der Waals surface area contributed by atoms with Gasteiger partial charge in [0.25, 0.3) is 5.91 Å². The lowest BCUT2D eigenvalue weighted by atomic mass is 9.99. The summed E-state index contributed by atoms with van der Waals surface area (Å²) in [6.45, 7) is 1.88. The summed E-state index contributed by atoms with van der Waals surface area (Å²) in [5, 5.41) is 19.1. The van der Waals surface area contributed by atoms with Gasteiger partial charge < -0.3 is 10.4 Å². The maximum absolute atomic E-state index is 13.8. The minimum Gasteiger partial charge on any atom is -0.478 e. The average Bonchev–Trinajstić information content (AvgIpc) is 3.39. The number of nitrogens with one attached hydrogen (secondary N) is 1. The Labute approximate surface area is 230 Å². The van der Waals surface area contributed by atoms with Gasteiger partial charge in [-0.15, -0.1) is 0 Å². The number of carbonyl (C=O) groups excluding carboxylic acids is 1. The molecule has 40 heavy (non-hydrogen) atoms. The van der Waals surface area contributed by atoms with Gasteiger partial charge in [0.2, 0.25) is 0 Å². The summed E-state index contributed by atoms with van der Waals surface area (Å²) in [6.07, 6.45) is 8.01. The number of fused-ring (bicyclic) bond motifs is 2. The molecule has 0 unspecified atom stereocenters. The number of aromatic carboxylic acids is 1. The topological polar surface area (TPSA) is 96.6 Å². The van der Waals surface area contributed by atoms with E-state index in [0.29, 0.717) is 12.0 Å². The smallest absolute Gasteiger partial charge is 0.335 e. The summed E-state index contributed by atoms with van der Waals surface area (Å²) >= 11 is 0. The van der Waals surface area contributed by atoms with Gasteiger partial charge in [-0.2, -0.15) is 5.10 Å². The van der Waals surface area contributed by atoms with Crippen molar-refractivity contribution in [2.75, 3.05) is 0 Å². The number of hydrogen-bond acceptors (Lipinski definition) is 4. The van der Waals surface area contributed by atoms with Crippen LogP contribution in [0, 0.1) is 0 Å². The Hall–Kier alpha value is -5.30. The number of amides is 1. The van der Waals surface area contributed by atoms with Crippen LogP contribution in [0.4, 0.5) is 0 Å². The molecule has 0 spiro atoms. The summed E-state index contributed by atoms with van der Waals surface area (Å²) in [4.78, 5) is 29.3. The summed E-state index contributed by atoms with van der Waals surface area (Å²) in [5.74, 6) is -1.22. The van der Waals surface area contributed by atoms with E-state index in [4.69, 9.17) is 0 Å². The Balaban J connectivity index is 1.39. The number of rotatable bonds is 7. The molecule has 2 N–H and O–H groups in total. The summed E-state index contributed by atoms with van der Waals surface area (Å²) < 4.78 is 1.78. The standard InChI is InChI=1S/C33H26N4O3/c1-21(23-9-11-26(12-10-23)33(39)40)36-32(38)30-17-29(24-5-3-2-4-6-24)20-37-31(30)28(19-35-37)16-22-7-8-25-13-14-34-18-27(25)15-22/h2-15,17-21H,16H2,1H3,(H,36,38)(H,39,40)/t21-/m0/s1. The quantitative estimate of drug-likeness (QED) is 0.253. The van der Waals surface area contributed by atoms with Crippen LogP contribution in [0.2, 0.25) is 0 Å². The van der Waals surface area contributed by atoms with E-state index in [9.17, 15) is 14.7 Å². The van der Waals surface area contributed by atoms with Gasteiger partial charge in [-0.3, -0.25) is 9.78 Å². The second-order valence-corrected chi connectivity index (χ2v) is 9.83. The van der Waals surface area contributed by atoms with E-state index >= 15 is 0 Å². The molecule has 1 amide bonds. The minimum atomic E-state index is -0.987. The first-order chi connectivity index (χ1) is 19.5. The largest absolute Gasteiger partial charge is 0.478 e. The number of carboxylic acid groups (broad SMARTS) is 1. The van der Waals surface area contributed by atoms with E-state index in [1.165, 1.54) is 0 Å². The summed E-state index contributed by atoms with van der Waals surface area (Å²) in [7, 11) is 0. The highest BCUT2D eigenvalue weighted by atomic mass is 16.4. The molecule has 0 saturated carbocycles. The molecule has 0 aliphatic heterocycles. The number of nitrogens with zero attached hydrogens (tertiary/aromatic N) is 3. The second kappa shape index (κ2) is 10.5. The van der Waals surface area contributed by atoms with Crippen molar-refractivity contribution in [2.24, 2.45) is 0 Å². The monoisotopic (exact) mass is 526 g/mol. The number of benzene rings is 3. The van der Waals surface area contributed by atoms with Crippen LogP contribution < -0.4 is 5.32 Å². The molecule has 1 atom stereocenters. The lowest BCUT2D eigenvalue weighted by Crippen LogP contribution is -2.27. The van der Waals surface area contributed by atoms with E-state index < -0.39 is 5.97 Å². The summed E-state index contributed by atoms with van der Waals surface area (Å²) in [6, 6.07) is 26.3. The Morgan fingerprint density at radius 2 is 1.70 bits per heavy atom. The minimum absolute atomic E-state index is 0.202. The van der Waals surface area contributed by atoms with Crippen LogP contribution in [0.15, 0.2) is 110 Å². The second-order valence-electron chi connectivity index (χ2n) is 9.83. The van der Waals surface area contributed by atoms with Gasteiger partial charge in [-0.05, 0) is 59.3 Å². The molecule has 3 aromatic heterocycles. The van der Waals surface area contributed by atoms with E-state index in [1.807, 2.05) is 68.0 Å². The third-order valence-corrected chi connectivity index (χ3v) is 7.14. The number of hydrogen-bond donors (Lipinski definition) is 2. The fourth-order valence-electron chi connectivity index (χ4n) is 5.01. The van der Waals surface area contributed by atoms with E-state index in [1.54, 1.807) is 35.0 Å². The molecular formula is C33H26N4O3. The van der Waals surface area contributed by atoms with Crippen LogP contribution in [-0.4, -0.2) is 31.6 Å². The van der Waals surface area contributed by atoms with Gasteiger partial charge in [0.1, 0.15) is 0 Å². The fraction of sp³-hybridized carbons (Fsp3) is 0.0909. The van der Waals surface area contributed by atoms with Gasteiger partial charge in [-0.1, -0.05) is 54.6 Å². The lowest BCUT2D eigenvalue weighted by molar-refractivity contribution is 0.0696. The van der Waals surface area contributed by atoms with Crippen molar-refractivity contribution in [3.63, 3.8) is 0 Å². The number of aromatic nitrogens is 3. The van der Waals surface area contributed by atoms with Crippen LogP contribution >= 0.6 is 0 Å². The molecule has 7 nitrogen and oxygen atoms in total. The van der Waals surface area contributed by atoms with Crippen LogP contribution in [-0.2, 0) is 6.42 Å². The van der Waals surface area contributed by atoms with Crippen LogP contribution in [0.3, 0.4) is 0 Å². The predicted octanol–water partition coefficient (Wildman–Crippen LogP) is 6.33.